The Balaban J connectivity index is 0.00000261. The lowest BCUT2D eigenvalue weighted by Crippen LogP contribution is -2.40. The van der Waals surface area contributed by atoms with Crippen LogP contribution in [-0.4, -0.2) is 37.5 Å². The number of halogens is 3. The molecule has 0 aromatic heterocycles. The van der Waals surface area contributed by atoms with E-state index in [1.165, 1.54) is 18.2 Å². The van der Waals surface area contributed by atoms with Crippen molar-refractivity contribution in [1.29, 1.82) is 0 Å². The van der Waals surface area contributed by atoms with E-state index < -0.39 is 5.82 Å². The van der Waals surface area contributed by atoms with E-state index in [1.54, 1.807) is 30.0 Å². The van der Waals surface area contributed by atoms with Crippen molar-refractivity contribution >= 4 is 18.3 Å². The SMILES string of the molecule is CNCC1CCN(C(=O)c2ccc(-c3ccc(F)cc3C)c(F)c2)CC1.Cl. The van der Waals surface area contributed by atoms with Gasteiger partial charge in [0.1, 0.15) is 11.6 Å². The van der Waals surface area contributed by atoms with E-state index in [2.05, 4.69) is 5.32 Å². The summed E-state index contributed by atoms with van der Waals surface area (Å²) in [5.74, 6) is -0.352. The first-order valence-electron chi connectivity index (χ1n) is 8.99. The fourth-order valence-corrected chi connectivity index (χ4v) is 3.61. The lowest BCUT2D eigenvalue weighted by atomic mass is 9.95. The van der Waals surface area contributed by atoms with Crippen molar-refractivity contribution < 1.29 is 13.6 Å². The monoisotopic (exact) mass is 394 g/mol. The number of carbonyl (C=O) groups is 1. The minimum Gasteiger partial charge on any atom is -0.339 e. The van der Waals surface area contributed by atoms with Crippen molar-refractivity contribution in [3.63, 3.8) is 0 Å². The summed E-state index contributed by atoms with van der Waals surface area (Å²) in [6.07, 6.45) is 1.92. The van der Waals surface area contributed by atoms with Gasteiger partial charge in [-0.05, 0) is 74.7 Å². The van der Waals surface area contributed by atoms with Gasteiger partial charge in [0.2, 0.25) is 0 Å². The summed E-state index contributed by atoms with van der Waals surface area (Å²) < 4.78 is 27.9. The van der Waals surface area contributed by atoms with E-state index in [-0.39, 0.29) is 24.1 Å². The van der Waals surface area contributed by atoms with Crippen LogP contribution in [0.3, 0.4) is 0 Å². The Morgan fingerprint density at radius 1 is 1.11 bits per heavy atom. The average molecular weight is 395 g/mol. The van der Waals surface area contributed by atoms with Crippen molar-refractivity contribution in [3.05, 3.63) is 59.2 Å². The largest absolute Gasteiger partial charge is 0.339 e. The molecular formula is C21H25ClF2N2O. The molecule has 1 aliphatic heterocycles. The molecule has 146 valence electrons. The Morgan fingerprint density at radius 3 is 2.37 bits per heavy atom. The lowest BCUT2D eigenvalue weighted by Gasteiger charge is -2.32. The third-order valence-corrected chi connectivity index (χ3v) is 5.09. The molecule has 0 bridgehead atoms. The molecule has 1 amide bonds. The standard InChI is InChI=1S/C21H24F2N2O.ClH/c1-14-11-17(22)4-6-18(14)19-5-3-16(12-20(19)23)21(26)25-9-7-15(8-10-25)13-24-2;/h3-6,11-12,15,24H,7-10,13H2,1-2H3;1H. The van der Waals surface area contributed by atoms with Crippen molar-refractivity contribution in [2.24, 2.45) is 5.92 Å². The maximum Gasteiger partial charge on any atom is 0.253 e. The number of likely N-dealkylation sites (tertiary alicyclic amines) is 1. The fourth-order valence-electron chi connectivity index (χ4n) is 3.61. The molecule has 0 atom stereocenters. The molecular weight excluding hydrogens is 370 g/mol. The number of amides is 1. The Kier molecular flexibility index (Phi) is 7.33. The highest BCUT2D eigenvalue weighted by atomic mass is 35.5. The highest BCUT2D eigenvalue weighted by Gasteiger charge is 2.24. The predicted molar refractivity (Wildman–Crippen MR) is 106 cm³/mol. The number of hydrogen-bond acceptors (Lipinski definition) is 2. The molecule has 6 heteroatoms. The topological polar surface area (TPSA) is 32.3 Å². The van der Waals surface area contributed by atoms with Crippen molar-refractivity contribution in [1.82, 2.24) is 10.2 Å². The molecule has 0 aliphatic carbocycles. The molecule has 2 aromatic rings. The number of aryl methyl sites for hydroxylation is 1. The van der Waals surface area contributed by atoms with Gasteiger partial charge in [-0.3, -0.25) is 4.79 Å². The van der Waals surface area contributed by atoms with Crippen LogP contribution in [-0.2, 0) is 0 Å². The van der Waals surface area contributed by atoms with Crippen LogP contribution < -0.4 is 5.32 Å². The number of rotatable bonds is 4. The molecule has 0 saturated carbocycles. The molecule has 0 unspecified atom stereocenters. The van der Waals surface area contributed by atoms with Crippen LogP contribution in [0.5, 0.6) is 0 Å². The summed E-state index contributed by atoms with van der Waals surface area (Å²) in [7, 11) is 1.94. The quantitative estimate of drug-likeness (QED) is 0.831. The predicted octanol–water partition coefficient (Wildman–Crippen LogP) is 4.43. The number of benzene rings is 2. The second kappa shape index (κ2) is 9.29. The Bertz CT molecular complexity index is 805. The zero-order chi connectivity index (χ0) is 18.7. The van der Waals surface area contributed by atoms with Gasteiger partial charge in [0.25, 0.3) is 5.91 Å². The zero-order valence-corrected chi connectivity index (χ0v) is 16.4. The Labute approximate surface area is 165 Å². The smallest absolute Gasteiger partial charge is 0.253 e. The van der Waals surface area contributed by atoms with E-state index in [4.69, 9.17) is 0 Å². The van der Waals surface area contributed by atoms with Crippen molar-refractivity contribution in [2.45, 2.75) is 19.8 Å². The molecule has 0 spiro atoms. The maximum atomic E-state index is 14.6. The average Bonchev–Trinajstić information content (AvgIpc) is 2.63. The van der Waals surface area contributed by atoms with Crippen LogP contribution in [0.1, 0.15) is 28.8 Å². The molecule has 1 N–H and O–H groups in total. The summed E-state index contributed by atoms with van der Waals surface area (Å²) >= 11 is 0. The van der Waals surface area contributed by atoms with Gasteiger partial charge >= 0.3 is 0 Å². The van der Waals surface area contributed by atoms with E-state index in [9.17, 15) is 13.6 Å². The van der Waals surface area contributed by atoms with Gasteiger partial charge in [-0.15, -0.1) is 12.4 Å². The van der Waals surface area contributed by atoms with Crippen LogP contribution in [0.4, 0.5) is 8.78 Å². The second-order valence-electron chi connectivity index (χ2n) is 6.95. The molecule has 1 aliphatic rings. The van der Waals surface area contributed by atoms with E-state index in [1.807, 2.05) is 7.05 Å². The van der Waals surface area contributed by atoms with Crippen LogP contribution in [0.2, 0.25) is 0 Å². The molecule has 1 fully saturated rings. The minimum atomic E-state index is -0.462. The highest BCUT2D eigenvalue weighted by molar-refractivity contribution is 5.95. The van der Waals surface area contributed by atoms with Crippen molar-refractivity contribution in [3.8, 4) is 11.1 Å². The molecule has 27 heavy (non-hydrogen) atoms. The van der Waals surface area contributed by atoms with Gasteiger partial charge in [-0.2, -0.15) is 0 Å². The van der Waals surface area contributed by atoms with Gasteiger partial charge < -0.3 is 10.2 Å². The number of piperidine rings is 1. The first kappa shape index (κ1) is 21.3. The van der Waals surface area contributed by atoms with Gasteiger partial charge in [0, 0.05) is 24.2 Å². The minimum absolute atomic E-state index is 0. The van der Waals surface area contributed by atoms with E-state index >= 15 is 0 Å². The van der Waals surface area contributed by atoms with E-state index in [0.29, 0.717) is 41.3 Å². The van der Waals surface area contributed by atoms with Gasteiger partial charge in [0.05, 0.1) is 0 Å². The normalized spacial score (nSPS) is 14.7. The lowest BCUT2D eigenvalue weighted by molar-refractivity contribution is 0.0690. The summed E-state index contributed by atoms with van der Waals surface area (Å²) in [6.45, 7) is 4.10. The third-order valence-electron chi connectivity index (χ3n) is 5.09. The zero-order valence-electron chi connectivity index (χ0n) is 15.6. The first-order chi connectivity index (χ1) is 12.5. The van der Waals surface area contributed by atoms with Gasteiger partial charge in [-0.1, -0.05) is 12.1 Å². The summed E-state index contributed by atoms with van der Waals surface area (Å²) in [6, 6.07) is 8.82. The third kappa shape index (κ3) is 4.85. The van der Waals surface area contributed by atoms with Gasteiger partial charge in [0.15, 0.2) is 0 Å². The number of hydrogen-bond donors (Lipinski definition) is 1. The summed E-state index contributed by atoms with van der Waals surface area (Å²) in [5.41, 5.74) is 2.04. The molecule has 3 rings (SSSR count). The van der Waals surface area contributed by atoms with Crippen LogP contribution >= 0.6 is 12.4 Å². The number of carbonyl (C=O) groups excluding carboxylic acids is 1. The van der Waals surface area contributed by atoms with E-state index in [0.717, 1.165) is 19.4 Å². The molecule has 3 nitrogen and oxygen atoms in total. The molecule has 0 radical (unpaired) electrons. The molecule has 2 aromatic carbocycles. The number of nitrogens with one attached hydrogen (secondary N) is 1. The van der Waals surface area contributed by atoms with Crippen molar-refractivity contribution in [2.75, 3.05) is 26.7 Å². The summed E-state index contributed by atoms with van der Waals surface area (Å²) in [5, 5.41) is 3.17. The second-order valence-corrected chi connectivity index (χ2v) is 6.95. The maximum absolute atomic E-state index is 14.6. The number of nitrogens with zero attached hydrogens (tertiary/aromatic N) is 1. The fraction of sp³-hybridized carbons (Fsp3) is 0.381. The van der Waals surface area contributed by atoms with Crippen LogP contribution in [0, 0.1) is 24.5 Å². The Morgan fingerprint density at radius 2 is 1.78 bits per heavy atom. The first-order valence-corrected chi connectivity index (χ1v) is 8.99. The Hall–Kier alpha value is -1.98. The van der Waals surface area contributed by atoms with Gasteiger partial charge in [-0.25, -0.2) is 8.78 Å². The summed E-state index contributed by atoms with van der Waals surface area (Å²) in [4.78, 5) is 14.5. The molecule has 1 saturated heterocycles. The highest BCUT2D eigenvalue weighted by Crippen LogP contribution is 2.28. The van der Waals surface area contributed by atoms with Crippen LogP contribution in [0.25, 0.3) is 11.1 Å². The molecule has 1 heterocycles. The van der Waals surface area contributed by atoms with Crippen LogP contribution in [0.15, 0.2) is 36.4 Å².